The molecule has 0 N–H and O–H groups in total. The zero-order chi connectivity index (χ0) is 36.8. The van der Waals surface area contributed by atoms with E-state index in [1.807, 2.05) is 0 Å². The van der Waals surface area contributed by atoms with E-state index in [-0.39, 0.29) is 0 Å². The predicted molar refractivity (Wildman–Crippen MR) is 232 cm³/mol. The molecule has 0 fully saturated rings. The molecule has 1 nitrogen and oxygen atoms in total. The fraction of sp³-hybridized carbons (Fsp3) is 0.0189. The van der Waals surface area contributed by atoms with Crippen LogP contribution in [-0.2, 0) is 5.41 Å². The van der Waals surface area contributed by atoms with Crippen molar-refractivity contribution in [1.82, 2.24) is 0 Å². The van der Waals surface area contributed by atoms with Crippen molar-refractivity contribution in [2.75, 3.05) is 4.90 Å². The molecule has 260 valence electrons. The highest BCUT2D eigenvalue weighted by Crippen LogP contribution is 2.57. The topological polar surface area (TPSA) is 3.24 Å². The van der Waals surface area contributed by atoms with E-state index in [9.17, 15) is 0 Å². The molecule has 0 heterocycles. The van der Waals surface area contributed by atoms with Crippen LogP contribution in [-0.4, -0.2) is 0 Å². The highest BCUT2D eigenvalue weighted by molar-refractivity contribution is 6.31. The van der Waals surface area contributed by atoms with Gasteiger partial charge in [0.05, 0.1) is 5.41 Å². The summed E-state index contributed by atoms with van der Waals surface area (Å²) in [7, 11) is 0. The highest BCUT2D eigenvalue weighted by atomic mass is 35.5. The molecule has 0 amide bonds. The molecule has 10 rings (SSSR count). The van der Waals surface area contributed by atoms with Gasteiger partial charge in [0.1, 0.15) is 0 Å². The predicted octanol–water partition coefficient (Wildman–Crippen LogP) is 14.7. The average molecular weight is 722 g/mol. The smallest absolute Gasteiger partial charge is 0.0714 e. The molecule has 55 heavy (non-hydrogen) atoms. The number of nitrogens with zero attached hydrogens (tertiary/aromatic N) is 1. The fourth-order valence-corrected chi connectivity index (χ4v) is 8.93. The minimum absolute atomic E-state index is 0.525. The number of halogens is 1. The molecule has 9 aromatic carbocycles. The first-order valence-corrected chi connectivity index (χ1v) is 19.2. The van der Waals surface area contributed by atoms with Gasteiger partial charge in [-0.05, 0) is 127 Å². The van der Waals surface area contributed by atoms with Crippen LogP contribution in [0.4, 0.5) is 17.1 Å². The summed E-state index contributed by atoms with van der Waals surface area (Å²) in [5.74, 6) is 0. The van der Waals surface area contributed by atoms with E-state index in [2.05, 4.69) is 223 Å². The van der Waals surface area contributed by atoms with Gasteiger partial charge in [-0.3, -0.25) is 0 Å². The van der Waals surface area contributed by atoms with Gasteiger partial charge in [-0.2, -0.15) is 0 Å². The van der Waals surface area contributed by atoms with Gasteiger partial charge in [0.25, 0.3) is 0 Å². The lowest BCUT2D eigenvalue weighted by atomic mass is 9.67. The van der Waals surface area contributed by atoms with Gasteiger partial charge in [-0.25, -0.2) is 0 Å². The Labute approximate surface area is 327 Å². The third kappa shape index (κ3) is 5.64. The van der Waals surface area contributed by atoms with E-state index >= 15 is 0 Å². The van der Waals surface area contributed by atoms with Crippen LogP contribution in [0.2, 0.25) is 5.02 Å². The largest absolute Gasteiger partial charge is 0.310 e. The van der Waals surface area contributed by atoms with Crippen molar-refractivity contribution in [3.05, 3.63) is 246 Å². The van der Waals surface area contributed by atoms with Crippen molar-refractivity contribution in [2.24, 2.45) is 0 Å². The maximum atomic E-state index is 7.12. The van der Waals surface area contributed by atoms with Gasteiger partial charge < -0.3 is 4.90 Å². The molecular weight excluding hydrogens is 686 g/mol. The summed E-state index contributed by atoms with van der Waals surface area (Å²) in [4.78, 5) is 2.30. The van der Waals surface area contributed by atoms with E-state index in [4.69, 9.17) is 11.6 Å². The molecule has 0 spiro atoms. The number of anilines is 3. The molecule has 0 radical (unpaired) electrons. The maximum Gasteiger partial charge on any atom is 0.0714 e. The van der Waals surface area contributed by atoms with E-state index in [0.29, 0.717) is 5.02 Å². The molecule has 9 aromatic rings. The quantitative estimate of drug-likeness (QED) is 0.158. The average Bonchev–Trinajstić information content (AvgIpc) is 3.53. The minimum atomic E-state index is -0.525. The summed E-state index contributed by atoms with van der Waals surface area (Å²) >= 11 is 7.12. The molecule has 0 aliphatic heterocycles. The normalized spacial score (nSPS) is 12.6. The summed E-state index contributed by atoms with van der Waals surface area (Å²) in [6.45, 7) is 0. The first-order valence-electron chi connectivity index (χ1n) is 18.8. The number of fused-ring (bicyclic) bond motifs is 4. The van der Waals surface area contributed by atoms with E-state index in [0.717, 1.165) is 33.8 Å². The van der Waals surface area contributed by atoms with Gasteiger partial charge >= 0.3 is 0 Å². The lowest BCUT2D eigenvalue weighted by Crippen LogP contribution is -2.28. The lowest BCUT2D eigenvalue weighted by Gasteiger charge is -2.34. The van der Waals surface area contributed by atoms with Crippen LogP contribution in [0.15, 0.2) is 218 Å². The summed E-state index contributed by atoms with van der Waals surface area (Å²) in [5, 5.41) is 3.16. The molecule has 2 heteroatoms. The molecule has 0 atom stereocenters. The first-order chi connectivity index (χ1) is 27.2. The Balaban J connectivity index is 1.19. The van der Waals surface area contributed by atoms with Crippen LogP contribution >= 0.6 is 11.6 Å². The first kappa shape index (κ1) is 32.9. The van der Waals surface area contributed by atoms with Crippen molar-refractivity contribution in [1.29, 1.82) is 0 Å². The van der Waals surface area contributed by atoms with E-state index in [1.54, 1.807) is 0 Å². The number of rotatable bonds is 7. The van der Waals surface area contributed by atoms with Gasteiger partial charge in [-0.1, -0.05) is 169 Å². The second-order valence-corrected chi connectivity index (χ2v) is 14.7. The minimum Gasteiger partial charge on any atom is -0.310 e. The summed E-state index contributed by atoms with van der Waals surface area (Å²) < 4.78 is 0. The number of para-hydroxylation sites is 1. The van der Waals surface area contributed by atoms with Crippen LogP contribution in [0.3, 0.4) is 0 Å². The van der Waals surface area contributed by atoms with Gasteiger partial charge in [0.2, 0.25) is 0 Å². The second-order valence-electron chi connectivity index (χ2n) is 14.3. The van der Waals surface area contributed by atoms with Crippen molar-refractivity contribution in [3.8, 4) is 33.4 Å². The number of hydrogen-bond acceptors (Lipinski definition) is 1. The number of hydrogen-bond donors (Lipinski definition) is 0. The Morgan fingerprint density at radius 3 is 1.55 bits per heavy atom. The van der Waals surface area contributed by atoms with E-state index in [1.165, 1.54) is 49.7 Å². The van der Waals surface area contributed by atoms with Crippen LogP contribution in [0.5, 0.6) is 0 Å². The third-order valence-electron chi connectivity index (χ3n) is 11.1. The zero-order valence-electron chi connectivity index (χ0n) is 30.1. The Morgan fingerprint density at radius 1 is 0.327 bits per heavy atom. The van der Waals surface area contributed by atoms with Gasteiger partial charge in [-0.15, -0.1) is 0 Å². The Kier molecular flexibility index (Phi) is 8.16. The third-order valence-corrected chi connectivity index (χ3v) is 11.3. The monoisotopic (exact) mass is 721 g/mol. The zero-order valence-corrected chi connectivity index (χ0v) is 30.9. The Morgan fingerprint density at radius 2 is 0.855 bits per heavy atom. The van der Waals surface area contributed by atoms with Crippen molar-refractivity contribution in [2.45, 2.75) is 5.41 Å². The van der Waals surface area contributed by atoms with Crippen molar-refractivity contribution < 1.29 is 0 Å². The lowest BCUT2D eigenvalue weighted by molar-refractivity contribution is 0.770. The summed E-state index contributed by atoms with van der Waals surface area (Å²) in [5.41, 5.74) is 14.7. The van der Waals surface area contributed by atoms with Crippen LogP contribution in [0.25, 0.3) is 44.2 Å². The van der Waals surface area contributed by atoms with Crippen LogP contribution in [0, 0.1) is 0 Å². The SMILES string of the molecule is Clc1cc(-c2ccc3c(c2)C(c2ccccc2)(c2ccccc2)c2cc4ccccc4cc2-3)cc(N(c2ccccc2)c2cccc(-c3ccccc3)c2)c1. The molecule has 0 saturated carbocycles. The summed E-state index contributed by atoms with van der Waals surface area (Å²) in [6.07, 6.45) is 0. The fourth-order valence-electron chi connectivity index (χ4n) is 8.70. The number of benzene rings is 9. The maximum absolute atomic E-state index is 7.12. The molecule has 1 aliphatic carbocycles. The van der Waals surface area contributed by atoms with Gasteiger partial charge in [0, 0.05) is 22.1 Å². The van der Waals surface area contributed by atoms with E-state index < -0.39 is 5.41 Å². The standard InChI is InChI=1S/C53H36ClN/c54-45-30-42(32-48(36-45)55(46-25-11-4-12-26-46)47-27-15-20-38(31-47)37-16-5-1-6-17-37)41-28-29-49-50-33-39-18-13-14-19-40(39)34-52(50)53(51(49)35-41,43-21-7-2-8-22-43)44-23-9-3-10-24-44/h1-36H. The Bertz CT molecular complexity index is 2770. The molecule has 1 aliphatic rings. The summed E-state index contributed by atoms with van der Waals surface area (Å²) in [6, 6.07) is 78.8. The molecule has 0 bridgehead atoms. The van der Waals surface area contributed by atoms with Gasteiger partial charge in [0.15, 0.2) is 0 Å². The van der Waals surface area contributed by atoms with Crippen LogP contribution < -0.4 is 4.90 Å². The second kappa shape index (κ2) is 13.6. The molecule has 0 saturated heterocycles. The Hall–Kier alpha value is -6.67. The molecule has 0 aromatic heterocycles. The van der Waals surface area contributed by atoms with Crippen LogP contribution in [0.1, 0.15) is 22.3 Å². The van der Waals surface area contributed by atoms with Crippen molar-refractivity contribution >= 4 is 39.4 Å². The molecule has 0 unspecified atom stereocenters. The van der Waals surface area contributed by atoms with Crippen molar-refractivity contribution in [3.63, 3.8) is 0 Å². The molecular formula is C53H36ClN. The highest BCUT2D eigenvalue weighted by Gasteiger charge is 2.46.